The Kier molecular flexibility index (Phi) is 2.82. The molecule has 1 rings (SSSR count). The van der Waals surface area contributed by atoms with Gasteiger partial charge in [0.25, 0.3) is 0 Å². The zero-order valence-corrected chi connectivity index (χ0v) is 7.34. The van der Waals surface area contributed by atoms with Gasteiger partial charge in [0.2, 0.25) is 11.8 Å². The Bertz CT molecular complexity index is 291. The van der Waals surface area contributed by atoms with Gasteiger partial charge in [0.15, 0.2) is 0 Å². The van der Waals surface area contributed by atoms with Crippen LogP contribution >= 0.6 is 0 Å². The molecule has 1 aliphatic rings. The van der Waals surface area contributed by atoms with Crippen molar-refractivity contribution in [3.8, 4) is 0 Å². The highest BCUT2D eigenvalue weighted by Gasteiger charge is 2.38. The summed E-state index contributed by atoms with van der Waals surface area (Å²) in [5.41, 5.74) is 5.23. The number of aliphatic carboxylic acids is 1. The predicted octanol–water partition coefficient (Wildman–Crippen LogP) is -1.96. The molecule has 0 radical (unpaired) electrons. The zero-order valence-electron chi connectivity index (χ0n) is 7.34. The summed E-state index contributed by atoms with van der Waals surface area (Å²) in [6, 6.07) is -1.14. The highest BCUT2D eigenvalue weighted by Crippen LogP contribution is 2.20. The number of imide groups is 1. The van der Waals surface area contributed by atoms with E-state index in [-0.39, 0.29) is 12.8 Å². The minimum absolute atomic E-state index is 0.0592. The number of rotatable bonds is 3. The quantitative estimate of drug-likeness (QED) is 0.276. The maximum absolute atomic E-state index is 11.2. The van der Waals surface area contributed by atoms with E-state index in [4.69, 9.17) is 16.7 Å². The summed E-state index contributed by atoms with van der Waals surface area (Å²) in [4.78, 5) is 32.5. The van der Waals surface area contributed by atoms with Crippen molar-refractivity contribution in [2.24, 2.45) is 17.5 Å². The molecule has 5 N–H and O–H groups in total. The normalized spacial score (nSPS) is 24.1. The van der Waals surface area contributed by atoms with Gasteiger partial charge in [0, 0.05) is 6.42 Å². The van der Waals surface area contributed by atoms with E-state index >= 15 is 0 Å². The number of hydrazine groups is 1. The molecule has 1 heterocycles. The van der Waals surface area contributed by atoms with Gasteiger partial charge in [-0.15, -0.1) is 0 Å². The Balaban J connectivity index is 2.60. The SMILES string of the molecule is N[C@@H](C[C@@H]1CC(=O)N(N)C1=O)C(=O)O. The number of carbonyl (C=O) groups is 3. The van der Waals surface area contributed by atoms with Crippen LogP contribution in [0.1, 0.15) is 12.8 Å². The van der Waals surface area contributed by atoms with Gasteiger partial charge in [-0.05, 0) is 6.42 Å². The van der Waals surface area contributed by atoms with E-state index in [2.05, 4.69) is 0 Å². The number of nitrogens with two attached hydrogens (primary N) is 2. The molecule has 7 heteroatoms. The van der Waals surface area contributed by atoms with E-state index < -0.39 is 29.7 Å². The standard InChI is InChI=1S/C7H11N3O4/c8-4(7(13)14)1-3-2-5(11)10(9)6(3)12/h3-4H,1-2,8-9H2,(H,13,14)/t3-,4+/m1/s1. The monoisotopic (exact) mass is 201 g/mol. The van der Waals surface area contributed by atoms with Crippen LogP contribution in [0.2, 0.25) is 0 Å². The van der Waals surface area contributed by atoms with Gasteiger partial charge in [-0.2, -0.15) is 0 Å². The van der Waals surface area contributed by atoms with E-state index in [9.17, 15) is 14.4 Å². The van der Waals surface area contributed by atoms with E-state index in [0.717, 1.165) is 0 Å². The Labute approximate surface area is 79.6 Å². The van der Waals surface area contributed by atoms with E-state index in [1.165, 1.54) is 0 Å². The topological polar surface area (TPSA) is 127 Å². The largest absolute Gasteiger partial charge is 0.480 e. The molecular weight excluding hydrogens is 190 g/mol. The lowest BCUT2D eigenvalue weighted by molar-refractivity contribution is -0.140. The van der Waals surface area contributed by atoms with Gasteiger partial charge in [-0.3, -0.25) is 14.4 Å². The van der Waals surface area contributed by atoms with Crippen LogP contribution in [0.5, 0.6) is 0 Å². The van der Waals surface area contributed by atoms with E-state index in [0.29, 0.717) is 5.01 Å². The fraction of sp³-hybridized carbons (Fsp3) is 0.571. The second-order valence-electron chi connectivity index (χ2n) is 3.18. The van der Waals surface area contributed by atoms with Crippen LogP contribution in [0.15, 0.2) is 0 Å². The number of nitrogens with zero attached hydrogens (tertiary/aromatic N) is 1. The fourth-order valence-electron chi connectivity index (χ4n) is 1.31. The molecule has 1 saturated heterocycles. The molecule has 0 aromatic heterocycles. The van der Waals surface area contributed by atoms with Crippen molar-refractivity contribution in [2.45, 2.75) is 18.9 Å². The first kappa shape index (κ1) is 10.6. The first-order valence-corrected chi connectivity index (χ1v) is 4.03. The van der Waals surface area contributed by atoms with Gasteiger partial charge < -0.3 is 10.8 Å². The van der Waals surface area contributed by atoms with E-state index in [1.807, 2.05) is 0 Å². The lowest BCUT2D eigenvalue weighted by atomic mass is 9.99. The summed E-state index contributed by atoms with van der Waals surface area (Å²) >= 11 is 0. The second-order valence-corrected chi connectivity index (χ2v) is 3.18. The third-order valence-electron chi connectivity index (χ3n) is 2.13. The van der Waals surface area contributed by atoms with Gasteiger partial charge in [0.05, 0.1) is 5.92 Å². The average Bonchev–Trinajstić information content (AvgIpc) is 2.33. The summed E-state index contributed by atoms with van der Waals surface area (Å²) < 4.78 is 0. The van der Waals surface area contributed by atoms with Gasteiger partial charge in [-0.25, -0.2) is 10.9 Å². The third kappa shape index (κ3) is 1.88. The Morgan fingerprint density at radius 1 is 1.64 bits per heavy atom. The van der Waals surface area contributed by atoms with Crippen molar-refractivity contribution in [1.82, 2.24) is 5.01 Å². The Morgan fingerprint density at radius 3 is 2.57 bits per heavy atom. The molecular formula is C7H11N3O4. The van der Waals surface area contributed by atoms with Crippen LogP contribution in [0.25, 0.3) is 0 Å². The molecule has 0 saturated carbocycles. The summed E-state index contributed by atoms with van der Waals surface area (Å²) in [5.74, 6) is 2.16. The first-order valence-electron chi connectivity index (χ1n) is 4.03. The number of hydrogen-bond acceptors (Lipinski definition) is 5. The van der Waals surface area contributed by atoms with E-state index in [1.54, 1.807) is 0 Å². The molecule has 1 fully saturated rings. The molecule has 7 nitrogen and oxygen atoms in total. The van der Waals surface area contributed by atoms with Crippen molar-refractivity contribution >= 4 is 17.8 Å². The summed E-state index contributed by atoms with van der Waals surface area (Å²) in [6.07, 6.45) is -0.121. The second kappa shape index (κ2) is 3.72. The summed E-state index contributed by atoms with van der Waals surface area (Å²) in [7, 11) is 0. The molecule has 0 aromatic carbocycles. The number of hydrogen-bond donors (Lipinski definition) is 3. The zero-order chi connectivity index (χ0) is 10.9. The number of carboxylic acids is 1. The molecule has 0 aliphatic carbocycles. The van der Waals surface area contributed by atoms with Gasteiger partial charge in [-0.1, -0.05) is 0 Å². The van der Waals surface area contributed by atoms with Gasteiger partial charge >= 0.3 is 5.97 Å². The predicted molar refractivity (Wildman–Crippen MR) is 44.4 cm³/mol. The smallest absolute Gasteiger partial charge is 0.320 e. The summed E-state index contributed by atoms with van der Waals surface area (Å²) in [5, 5.41) is 9.01. The van der Waals surface area contributed by atoms with Crippen molar-refractivity contribution in [1.29, 1.82) is 0 Å². The maximum Gasteiger partial charge on any atom is 0.320 e. The molecule has 14 heavy (non-hydrogen) atoms. The number of carboxylic acid groups (broad SMARTS) is 1. The first-order chi connectivity index (χ1) is 6.43. The van der Waals surface area contributed by atoms with Crippen LogP contribution in [0.4, 0.5) is 0 Å². The summed E-state index contributed by atoms with van der Waals surface area (Å²) in [6.45, 7) is 0. The maximum atomic E-state index is 11.2. The lowest BCUT2D eigenvalue weighted by Gasteiger charge is -2.10. The lowest BCUT2D eigenvalue weighted by Crippen LogP contribution is -2.39. The highest BCUT2D eigenvalue weighted by molar-refractivity contribution is 6.03. The Morgan fingerprint density at radius 2 is 2.21 bits per heavy atom. The molecule has 78 valence electrons. The van der Waals surface area contributed by atoms with Crippen LogP contribution in [0, 0.1) is 5.92 Å². The average molecular weight is 201 g/mol. The molecule has 0 unspecified atom stereocenters. The fourth-order valence-corrected chi connectivity index (χ4v) is 1.31. The van der Waals surface area contributed by atoms with Crippen LogP contribution < -0.4 is 11.6 Å². The van der Waals surface area contributed by atoms with Crippen LogP contribution in [-0.4, -0.2) is 33.9 Å². The highest BCUT2D eigenvalue weighted by atomic mass is 16.4. The molecule has 2 amide bonds. The minimum Gasteiger partial charge on any atom is -0.480 e. The Hall–Kier alpha value is -1.47. The van der Waals surface area contributed by atoms with Crippen LogP contribution in [-0.2, 0) is 14.4 Å². The van der Waals surface area contributed by atoms with Crippen molar-refractivity contribution in [3.05, 3.63) is 0 Å². The van der Waals surface area contributed by atoms with Crippen molar-refractivity contribution < 1.29 is 19.5 Å². The molecule has 0 bridgehead atoms. The molecule has 0 spiro atoms. The van der Waals surface area contributed by atoms with Gasteiger partial charge in [0.1, 0.15) is 6.04 Å². The molecule has 0 aromatic rings. The van der Waals surface area contributed by atoms with Crippen LogP contribution in [0.3, 0.4) is 0 Å². The van der Waals surface area contributed by atoms with Crippen molar-refractivity contribution in [3.63, 3.8) is 0 Å². The number of amides is 2. The minimum atomic E-state index is -1.19. The molecule has 2 atom stereocenters. The molecule has 1 aliphatic heterocycles. The number of carbonyl (C=O) groups excluding carboxylic acids is 2. The third-order valence-corrected chi connectivity index (χ3v) is 2.13. The van der Waals surface area contributed by atoms with Crippen molar-refractivity contribution in [2.75, 3.05) is 0 Å².